The Hall–Kier alpha value is -1.68. The van der Waals surface area contributed by atoms with Crippen LogP contribution in [0.25, 0.3) is 0 Å². The lowest BCUT2D eigenvalue weighted by Crippen LogP contribution is -2.58. The van der Waals surface area contributed by atoms with Crippen molar-refractivity contribution in [3.63, 3.8) is 0 Å². The summed E-state index contributed by atoms with van der Waals surface area (Å²) in [5, 5.41) is 0. The van der Waals surface area contributed by atoms with E-state index in [0.717, 1.165) is 36.9 Å². The first-order chi connectivity index (χ1) is 9.93. The van der Waals surface area contributed by atoms with Gasteiger partial charge >= 0.3 is 0 Å². The van der Waals surface area contributed by atoms with Crippen molar-refractivity contribution in [1.82, 2.24) is 4.90 Å². The predicted octanol–water partition coefficient (Wildman–Crippen LogP) is 2.30. The molecule has 1 aliphatic heterocycles. The first kappa shape index (κ1) is 15.7. The molecule has 1 heterocycles. The van der Waals surface area contributed by atoms with E-state index < -0.39 is 5.54 Å². The number of amides is 1. The largest absolute Gasteiger partial charge is 0.368 e. The normalized spacial score (nSPS) is 23.0. The van der Waals surface area contributed by atoms with Gasteiger partial charge in [0.05, 0.1) is 5.54 Å². The lowest BCUT2D eigenvalue weighted by atomic mass is 9.87. The minimum Gasteiger partial charge on any atom is -0.368 e. The van der Waals surface area contributed by atoms with E-state index in [1.54, 1.807) is 0 Å². The molecular weight excluding hydrogens is 264 g/mol. The fourth-order valence-electron chi connectivity index (χ4n) is 2.93. The maximum absolute atomic E-state index is 12.2. The molecule has 1 atom stereocenters. The van der Waals surface area contributed by atoms with Gasteiger partial charge in [0.25, 0.3) is 0 Å². The summed E-state index contributed by atoms with van der Waals surface area (Å²) < 4.78 is 0. The van der Waals surface area contributed by atoms with E-state index >= 15 is 0 Å². The summed E-state index contributed by atoms with van der Waals surface area (Å²) in [6.45, 7) is 5.32. The van der Waals surface area contributed by atoms with E-state index in [0.29, 0.717) is 13.0 Å². The van der Waals surface area contributed by atoms with Crippen molar-refractivity contribution in [1.29, 1.82) is 0 Å². The van der Waals surface area contributed by atoms with E-state index in [-0.39, 0.29) is 11.7 Å². The van der Waals surface area contributed by atoms with Crippen molar-refractivity contribution >= 4 is 11.7 Å². The molecule has 1 amide bonds. The minimum absolute atomic E-state index is 0.118. The van der Waals surface area contributed by atoms with Gasteiger partial charge in [-0.1, -0.05) is 29.8 Å². The number of nitrogens with two attached hydrogens (primary N) is 1. The van der Waals surface area contributed by atoms with Gasteiger partial charge in [-0.15, -0.1) is 0 Å². The number of benzene rings is 1. The van der Waals surface area contributed by atoms with Crippen molar-refractivity contribution in [2.24, 2.45) is 5.73 Å². The monoisotopic (exact) mass is 288 g/mol. The molecule has 0 unspecified atom stereocenters. The van der Waals surface area contributed by atoms with Gasteiger partial charge in [0.15, 0.2) is 5.78 Å². The first-order valence-electron chi connectivity index (χ1n) is 7.58. The van der Waals surface area contributed by atoms with E-state index in [2.05, 4.69) is 4.90 Å². The Bertz CT molecular complexity index is 524. The highest BCUT2D eigenvalue weighted by atomic mass is 16.1. The van der Waals surface area contributed by atoms with Crippen molar-refractivity contribution in [3.8, 4) is 0 Å². The Labute approximate surface area is 126 Å². The molecule has 0 aromatic heterocycles. The Kier molecular flexibility index (Phi) is 4.78. The summed E-state index contributed by atoms with van der Waals surface area (Å²) in [4.78, 5) is 26.0. The van der Waals surface area contributed by atoms with Crippen LogP contribution in [0, 0.1) is 6.92 Å². The van der Waals surface area contributed by atoms with Gasteiger partial charge in [0.2, 0.25) is 5.91 Å². The quantitative estimate of drug-likeness (QED) is 0.846. The number of nitrogens with zero attached hydrogens (tertiary/aromatic N) is 1. The lowest BCUT2D eigenvalue weighted by molar-refractivity contribution is -0.131. The number of carbonyl (C=O) groups excluding carboxylic acids is 2. The molecule has 1 aliphatic rings. The molecule has 1 aromatic carbocycles. The molecule has 0 bridgehead atoms. The summed E-state index contributed by atoms with van der Waals surface area (Å²) >= 11 is 0. The molecule has 1 saturated heterocycles. The van der Waals surface area contributed by atoms with Crippen molar-refractivity contribution < 1.29 is 9.59 Å². The second kappa shape index (κ2) is 6.39. The van der Waals surface area contributed by atoms with Gasteiger partial charge in [-0.05, 0) is 39.7 Å². The molecule has 0 saturated carbocycles. The lowest BCUT2D eigenvalue weighted by Gasteiger charge is -2.42. The van der Waals surface area contributed by atoms with Gasteiger partial charge in [-0.25, -0.2) is 0 Å². The highest BCUT2D eigenvalue weighted by Gasteiger charge is 2.39. The Morgan fingerprint density at radius 1 is 1.24 bits per heavy atom. The molecular formula is C17H24N2O2. The second-order valence-corrected chi connectivity index (χ2v) is 6.12. The summed E-state index contributed by atoms with van der Waals surface area (Å²) in [6, 6.07) is 7.62. The van der Waals surface area contributed by atoms with E-state index in [1.165, 1.54) is 0 Å². The Morgan fingerprint density at radius 3 is 2.52 bits per heavy atom. The third kappa shape index (κ3) is 3.50. The Morgan fingerprint density at radius 2 is 1.90 bits per heavy atom. The molecule has 0 radical (unpaired) electrons. The molecule has 0 spiro atoms. The van der Waals surface area contributed by atoms with Gasteiger partial charge in [0.1, 0.15) is 0 Å². The van der Waals surface area contributed by atoms with Crippen molar-refractivity contribution in [3.05, 3.63) is 35.4 Å². The number of carbonyl (C=O) groups is 2. The predicted molar refractivity (Wildman–Crippen MR) is 83.1 cm³/mol. The van der Waals surface area contributed by atoms with E-state index in [9.17, 15) is 9.59 Å². The van der Waals surface area contributed by atoms with Crippen LogP contribution in [0.5, 0.6) is 0 Å². The minimum atomic E-state index is -0.605. The third-order valence-corrected chi connectivity index (χ3v) is 4.55. The van der Waals surface area contributed by atoms with Crippen molar-refractivity contribution in [2.45, 2.75) is 45.1 Å². The van der Waals surface area contributed by atoms with Crippen LogP contribution in [0.4, 0.5) is 0 Å². The molecule has 114 valence electrons. The van der Waals surface area contributed by atoms with Crippen molar-refractivity contribution in [2.75, 3.05) is 13.1 Å². The molecule has 1 aromatic rings. The maximum Gasteiger partial charge on any atom is 0.237 e. The number of ketones is 1. The van der Waals surface area contributed by atoms with Crippen LogP contribution >= 0.6 is 0 Å². The number of primary amides is 1. The molecule has 4 heteroatoms. The summed E-state index contributed by atoms with van der Waals surface area (Å²) in [6.07, 6.45) is 3.27. The van der Waals surface area contributed by atoms with Crippen LogP contribution in [0.1, 0.15) is 48.5 Å². The zero-order chi connectivity index (χ0) is 15.5. The fraction of sp³-hybridized carbons (Fsp3) is 0.529. The van der Waals surface area contributed by atoms with Crippen LogP contribution in [-0.4, -0.2) is 35.2 Å². The molecule has 4 nitrogen and oxygen atoms in total. The number of Topliss-reactive ketones (excluding diaryl/α,β-unsaturated/α-hetero) is 1. The van der Waals surface area contributed by atoms with Crippen LogP contribution in [0.3, 0.4) is 0 Å². The topological polar surface area (TPSA) is 63.4 Å². The SMILES string of the molecule is Cc1ccc(C(=O)CCN2CCCC[C@]2(C)C(N)=O)cc1. The maximum atomic E-state index is 12.2. The van der Waals surface area contributed by atoms with E-state index in [1.807, 2.05) is 38.1 Å². The smallest absolute Gasteiger partial charge is 0.237 e. The standard InChI is InChI=1S/C17H24N2O2/c1-13-5-7-14(8-6-13)15(20)9-12-19-11-4-3-10-17(19,2)16(18)21/h5-8H,3-4,9-12H2,1-2H3,(H2,18,21)/t17-/m1/s1. The Balaban J connectivity index is 1.99. The molecule has 1 fully saturated rings. The summed E-state index contributed by atoms with van der Waals surface area (Å²) in [7, 11) is 0. The average Bonchev–Trinajstić information content (AvgIpc) is 2.46. The number of hydrogen-bond donors (Lipinski definition) is 1. The second-order valence-electron chi connectivity index (χ2n) is 6.12. The van der Waals surface area contributed by atoms with Crippen LogP contribution < -0.4 is 5.73 Å². The van der Waals surface area contributed by atoms with Crippen LogP contribution in [0.2, 0.25) is 0 Å². The fourth-order valence-corrected chi connectivity index (χ4v) is 2.93. The molecule has 0 aliphatic carbocycles. The number of piperidine rings is 1. The molecule has 2 rings (SSSR count). The average molecular weight is 288 g/mol. The zero-order valence-corrected chi connectivity index (χ0v) is 12.9. The molecule has 2 N–H and O–H groups in total. The van der Waals surface area contributed by atoms with Gasteiger partial charge in [0, 0.05) is 18.5 Å². The van der Waals surface area contributed by atoms with Gasteiger partial charge < -0.3 is 5.73 Å². The van der Waals surface area contributed by atoms with Crippen LogP contribution in [-0.2, 0) is 4.79 Å². The zero-order valence-electron chi connectivity index (χ0n) is 12.9. The first-order valence-corrected chi connectivity index (χ1v) is 7.58. The van der Waals surface area contributed by atoms with Crippen LogP contribution in [0.15, 0.2) is 24.3 Å². The van der Waals surface area contributed by atoms with E-state index in [4.69, 9.17) is 5.73 Å². The summed E-state index contributed by atoms with van der Waals surface area (Å²) in [5.74, 6) is -0.169. The highest BCUT2D eigenvalue weighted by Crippen LogP contribution is 2.27. The number of hydrogen-bond acceptors (Lipinski definition) is 3. The van der Waals surface area contributed by atoms with Gasteiger partial charge in [-0.2, -0.15) is 0 Å². The number of aryl methyl sites for hydroxylation is 1. The highest BCUT2D eigenvalue weighted by molar-refractivity contribution is 5.96. The third-order valence-electron chi connectivity index (χ3n) is 4.55. The number of likely N-dealkylation sites (tertiary alicyclic amines) is 1. The molecule has 21 heavy (non-hydrogen) atoms. The van der Waals surface area contributed by atoms with Gasteiger partial charge in [-0.3, -0.25) is 14.5 Å². The summed E-state index contributed by atoms with van der Waals surface area (Å²) in [5.41, 5.74) is 6.83. The number of rotatable bonds is 5.